The van der Waals surface area contributed by atoms with Gasteiger partial charge in [-0.05, 0) is 50.0 Å². The van der Waals surface area contributed by atoms with Crippen LogP contribution in [0.1, 0.15) is 18.4 Å². The van der Waals surface area contributed by atoms with Gasteiger partial charge in [-0.1, -0.05) is 18.2 Å². The lowest BCUT2D eigenvalue weighted by Gasteiger charge is -2.43. The fourth-order valence-electron chi connectivity index (χ4n) is 4.97. The highest BCUT2D eigenvalue weighted by Gasteiger charge is 2.33. The summed E-state index contributed by atoms with van der Waals surface area (Å²) in [7, 11) is 3.09. The molecule has 0 amide bonds. The van der Waals surface area contributed by atoms with Crippen LogP contribution in [0.2, 0.25) is 0 Å². The number of rotatable bonds is 5. The maximum atomic E-state index is 13.3. The Morgan fingerprint density at radius 2 is 1.75 bits per heavy atom. The van der Waals surface area contributed by atoms with Gasteiger partial charge in [0.2, 0.25) is 5.88 Å². The highest BCUT2D eigenvalue weighted by Crippen LogP contribution is 2.33. The molecule has 4 heterocycles. The Hall–Kier alpha value is -3.32. The smallest absolute Gasteiger partial charge is 0.265 e. The molecule has 0 aliphatic carbocycles. The van der Waals surface area contributed by atoms with Crippen molar-refractivity contribution in [1.29, 1.82) is 0 Å². The minimum absolute atomic E-state index is 0.133. The van der Waals surface area contributed by atoms with Crippen molar-refractivity contribution in [2.45, 2.75) is 18.9 Å². The van der Waals surface area contributed by atoms with Gasteiger partial charge in [-0.3, -0.25) is 9.79 Å². The van der Waals surface area contributed by atoms with Gasteiger partial charge < -0.3 is 19.5 Å². The zero-order valence-electron chi connectivity index (χ0n) is 18.3. The molecule has 32 heavy (non-hydrogen) atoms. The summed E-state index contributed by atoms with van der Waals surface area (Å²) in [6.07, 6.45) is 4.08. The van der Waals surface area contributed by atoms with E-state index in [2.05, 4.69) is 4.90 Å². The van der Waals surface area contributed by atoms with E-state index in [-0.39, 0.29) is 17.5 Å². The normalized spacial score (nSPS) is 22.5. The molecule has 166 valence electrons. The van der Waals surface area contributed by atoms with Crippen molar-refractivity contribution in [1.82, 2.24) is 9.47 Å². The molecule has 7 nitrogen and oxygen atoms in total. The van der Waals surface area contributed by atoms with Crippen LogP contribution in [-0.2, 0) is 0 Å². The SMILES string of the molecule is COc1ccc(-n2c(O)c(C=NC3CN4CCC3CC4)c3ccccc3c2=O)cc1OC. The average Bonchev–Trinajstić information content (AvgIpc) is 2.84. The Kier molecular flexibility index (Phi) is 5.35. The summed E-state index contributed by atoms with van der Waals surface area (Å²) in [4.78, 5) is 20.7. The van der Waals surface area contributed by atoms with Gasteiger partial charge in [-0.15, -0.1) is 0 Å². The van der Waals surface area contributed by atoms with E-state index in [9.17, 15) is 9.90 Å². The van der Waals surface area contributed by atoms with Crippen molar-refractivity contribution in [3.63, 3.8) is 0 Å². The lowest BCUT2D eigenvalue weighted by molar-refractivity contribution is 0.0908. The van der Waals surface area contributed by atoms with Gasteiger partial charge in [0, 0.05) is 29.6 Å². The molecule has 1 N–H and O–H groups in total. The number of hydrogen-bond acceptors (Lipinski definition) is 6. The number of ether oxygens (including phenoxy) is 2. The molecule has 3 aromatic rings. The van der Waals surface area contributed by atoms with Crippen molar-refractivity contribution in [2.75, 3.05) is 33.9 Å². The van der Waals surface area contributed by atoms with Crippen LogP contribution in [0.4, 0.5) is 0 Å². The summed E-state index contributed by atoms with van der Waals surface area (Å²) >= 11 is 0. The average molecular weight is 434 g/mol. The molecule has 3 saturated heterocycles. The van der Waals surface area contributed by atoms with Gasteiger partial charge in [-0.2, -0.15) is 0 Å². The number of methoxy groups -OCH3 is 2. The summed E-state index contributed by atoms with van der Waals surface area (Å²) in [5.41, 5.74) is 0.741. The molecular formula is C25H27N3O4. The highest BCUT2D eigenvalue weighted by molar-refractivity contribution is 6.01. The largest absolute Gasteiger partial charge is 0.494 e. The van der Waals surface area contributed by atoms with E-state index in [0.717, 1.165) is 19.6 Å². The summed E-state index contributed by atoms with van der Waals surface area (Å²) in [5.74, 6) is 1.48. The van der Waals surface area contributed by atoms with E-state index in [1.807, 2.05) is 18.2 Å². The number of fused-ring (bicyclic) bond motifs is 4. The Labute approximate surface area is 186 Å². The molecule has 0 radical (unpaired) electrons. The molecule has 0 saturated carbocycles. The topological polar surface area (TPSA) is 76.3 Å². The first-order chi connectivity index (χ1) is 15.6. The van der Waals surface area contributed by atoms with Crippen molar-refractivity contribution in [3.8, 4) is 23.1 Å². The molecule has 3 aliphatic rings. The predicted octanol–water partition coefficient (Wildman–Crippen LogP) is 3.23. The van der Waals surface area contributed by atoms with Crippen LogP contribution in [0, 0.1) is 5.92 Å². The lowest BCUT2D eigenvalue weighted by Crippen LogP contribution is -2.49. The van der Waals surface area contributed by atoms with Gasteiger partial charge in [0.15, 0.2) is 11.5 Å². The van der Waals surface area contributed by atoms with E-state index in [1.54, 1.807) is 37.6 Å². The molecule has 2 aromatic carbocycles. The molecule has 7 heteroatoms. The van der Waals surface area contributed by atoms with Crippen LogP contribution in [-0.4, -0.2) is 60.7 Å². The highest BCUT2D eigenvalue weighted by atomic mass is 16.5. The second-order valence-electron chi connectivity index (χ2n) is 8.45. The maximum Gasteiger partial charge on any atom is 0.265 e. The molecular weight excluding hydrogens is 406 g/mol. The minimum atomic E-state index is -0.301. The molecule has 3 fully saturated rings. The third kappa shape index (κ3) is 3.42. The first-order valence-corrected chi connectivity index (χ1v) is 11.0. The van der Waals surface area contributed by atoms with Gasteiger partial charge in [0.05, 0.1) is 31.5 Å². The second kappa shape index (κ2) is 8.31. The Morgan fingerprint density at radius 1 is 1.03 bits per heavy atom. The molecule has 6 rings (SSSR count). The fourth-order valence-corrected chi connectivity index (χ4v) is 4.97. The fraction of sp³-hybridized carbons (Fsp3) is 0.360. The monoisotopic (exact) mass is 433 g/mol. The van der Waals surface area contributed by atoms with Gasteiger partial charge in [0.1, 0.15) is 0 Å². The van der Waals surface area contributed by atoms with Gasteiger partial charge >= 0.3 is 0 Å². The number of hydrogen-bond donors (Lipinski definition) is 1. The van der Waals surface area contributed by atoms with Crippen molar-refractivity contribution < 1.29 is 14.6 Å². The summed E-state index contributed by atoms with van der Waals surface area (Å²) in [6, 6.07) is 12.7. The van der Waals surface area contributed by atoms with Gasteiger partial charge in [-0.25, -0.2) is 4.57 Å². The maximum absolute atomic E-state index is 13.3. The molecule has 3 aliphatic heterocycles. The molecule has 2 bridgehead atoms. The number of nitrogens with zero attached hydrogens (tertiary/aromatic N) is 3. The van der Waals surface area contributed by atoms with E-state index < -0.39 is 0 Å². The Bertz CT molecular complexity index is 1240. The minimum Gasteiger partial charge on any atom is -0.494 e. The van der Waals surface area contributed by atoms with Crippen LogP contribution in [0.25, 0.3) is 16.5 Å². The third-order valence-electron chi connectivity index (χ3n) is 6.75. The standard InChI is InChI=1S/C25H27N3O4/c1-31-22-8-7-17(13-23(22)32-2)28-24(29)19-6-4-3-5-18(19)20(25(28)30)14-26-21-15-27-11-9-16(21)10-12-27/h3-8,13-14,16,21,30H,9-12,15H2,1-2H3. The zero-order chi connectivity index (χ0) is 22.2. The zero-order valence-corrected chi connectivity index (χ0v) is 18.3. The molecule has 0 spiro atoms. The van der Waals surface area contributed by atoms with Crippen molar-refractivity contribution in [2.24, 2.45) is 10.9 Å². The quantitative estimate of drug-likeness (QED) is 0.626. The van der Waals surface area contributed by atoms with E-state index >= 15 is 0 Å². The Balaban J connectivity index is 1.65. The van der Waals surface area contributed by atoms with Crippen LogP contribution < -0.4 is 15.0 Å². The van der Waals surface area contributed by atoms with E-state index in [0.29, 0.717) is 39.4 Å². The first kappa shape index (κ1) is 20.6. The molecule has 1 aromatic heterocycles. The van der Waals surface area contributed by atoms with Crippen LogP contribution >= 0.6 is 0 Å². The molecule has 1 atom stereocenters. The number of aliphatic imine (C=N–C) groups is 1. The van der Waals surface area contributed by atoms with Crippen molar-refractivity contribution in [3.05, 3.63) is 58.4 Å². The number of pyridine rings is 1. The number of benzene rings is 2. The first-order valence-electron chi connectivity index (χ1n) is 11.0. The van der Waals surface area contributed by atoms with E-state index in [1.165, 1.54) is 24.5 Å². The summed E-state index contributed by atoms with van der Waals surface area (Å²) < 4.78 is 12.0. The van der Waals surface area contributed by atoms with Crippen LogP contribution in [0.3, 0.4) is 0 Å². The predicted molar refractivity (Wildman–Crippen MR) is 125 cm³/mol. The molecule has 1 unspecified atom stereocenters. The summed E-state index contributed by atoms with van der Waals surface area (Å²) in [6.45, 7) is 3.25. The lowest BCUT2D eigenvalue weighted by atomic mass is 9.84. The van der Waals surface area contributed by atoms with Crippen molar-refractivity contribution >= 4 is 17.0 Å². The third-order valence-corrected chi connectivity index (χ3v) is 6.75. The van der Waals surface area contributed by atoms with Crippen LogP contribution in [0.5, 0.6) is 17.4 Å². The second-order valence-corrected chi connectivity index (χ2v) is 8.45. The number of piperidine rings is 3. The van der Waals surface area contributed by atoms with Crippen LogP contribution in [0.15, 0.2) is 52.3 Å². The van der Waals surface area contributed by atoms with Gasteiger partial charge in [0.25, 0.3) is 5.56 Å². The van der Waals surface area contributed by atoms with E-state index in [4.69, 9.17) is 14.5 Å². The Morgan fingerprint density at radius 3 is 2.41 bits per heavy atom. The summed E-state index contributed by atoms with van der Waals surface area (Å²) in [5, 5.41) is 12.5. The number of aromatic nitrogens is 1. The number of aromatic hydroxyl groups is 1.